The second kappa shape index (κ2) is 14.9. The van der Waals surface area contributed by atoms with Crippen molar-refractivity contribution in [3.63, 3.8) is 0 Å². The highest BCUT2D eigenvalue weighted by atomic mass is 35.5. The van der Waals surface area contributed by atoms with Gasteiger partial charge in [-0.05, 0) is 18.7 Å². The molecule has 0 aliphatic rings. The summed E-state index contributed by atoms with van der Waals surface area (Å²) < 4.78 is 4.55. The zero-order valence-corrected chi connectivity index (χ0v) is 11.1. The third kappa shape index (κ3) is 17.5. The van der Waals surface area contributed by atoms with E-state index in [1.54, 1.807) is 0 Å². The van der Waals surface area contributed by atoms with Gasteiger partial charge in [-0.25, -0.2) is 4.79 Å². The molecule has 0 aromatic heterocycles. The lowest BCUT2D eigenvalue weighted by atomic mass is 10.2. The summed E-state index contributed by atoms with van der Waals surface area (Å²) in [5.41, 5.74) is 9.86. The summed E-state index contributed by atoms with van der Waals surface area (Å²) in [4.78, 5) is 10.2. The van der Waals surface area contributed by atoms with Crippen LogP contribution in [-0.2, 0) is 11.3 Å². The number of hydrogen-bond donors (Lipinski definition) is 2. The minimum absolute atomic E-state index is 0.239. The summed E-state index contributed by atoms with van der Waals surface area (Å²) in [5.74, 6) is 0. The Morgan fingerprint density at radius 3 is 1.94 bits per heavy atom. The quantitative estimate of drug-likeness (QED) is 0.801. The zero-order valence-electron chi connectivity index (χ0n) is 10.4. The van der Waals surface area contributed by atoms with Crippen molar-refractivity contribution in [3.8, 4) is 0 Å². The van der Waals surface area contributed by atoms with Gasteiger partial charge >= 0.3 is 5.43 Å². The molecule has 0 bridgehead atoms. The summed E-state index contributed by atoms with van der Waals surface area (Å²) in [7, 11) is 0. The molecule has 4 N–H and O–H groups in total. The van der Waals surface area contributed by atoms with Crippen molar-refractivity contribution in [2.75, 3.05) is 13.1 Å². The highest BCUT2D eigenvalue weighted by Crippen LogP contribution is 2.01. The van der Waals surface area contributed by atoms with Gasteiger partial charge in [-0.2, -0.15) is 0 Å². The van der Waals surface area contributed by atoms with Gasteiger partial charge in [0.25, 0.3) is 0 Å². The van der Waals surface area contributed by atoms with E-state index in [-0.39, 0.29) is 6.61 Å². The van der Waals surface area contributed by atoms with Crippen LogP contribution in [0.4, 0.5) is 4.79 Å². The van der Waals surface area contributed by atoms with Crippen molar-refractivity contribution in [3.05, 3.63) is 35.9 Å². The van der Waals surface area contributed by atoms with Crippen molar-refractivity contribution in [2.45, 2.75) is 20.5 Å². The van der Waals surface area contributed by atoms with E-state index in [0.717, 1.165) is 18.7 Å². The maximum absolute atomic E-state index is 10.2. The van der Waals surface area contributed by atoms with Gasteiger partial charge in [0.2, 0.25) is 0 Å². The van der Waals surface area contributed by atoms with Gasteiger partial charge < -0.3 is 16.2 Å². The Hall–Kier alpha value is -1.10. The minimum atomic E-state index is -0.770. The summed E-state index contributed by atoms with van der Waals surface area (Å²) in [5, 5.41) is 0. The molecule has 5 heteroatoms. The molecule has 0 fully saturated rings. The average Bonchev–Trinajstić information content (AvgIpc) is 2.30. The largest absolute Gasteiger partial charge is 0.449 e. The van der Waals surface area contributed by atoms with E-state index >= 15 is 0 Å². The summed E-state index contributed by atoms with van der Waals surface area (Å²) in [6.07, 6.45) is 0. The summed E-state index contributed by atoms with van der Waals surface area (Å²) in [6.45, 7) is 5.54. The Balaban J connectivity index is 0. The summed E-state index contributed by atoms with van der Waals surface area (Å²) in [6, 6.07) is 9.36. The molecule has 0 saturated carbocycles. The van der Waals surface area contributed by atoms with Gasteiger partial charge in [-0.1, -0.05) is 44.2 Å². The predicted molar refractivity (Wildman–Crippen MR) is 71.9 cm³/mol. The van der Waals surface area contributed by atoms with Crippen LogP contribution in [0.2, 0.25) is 0 Å². The van der Waals surface area contributed by atoms with Crippen LogP contribution in [0.15, 0.2) is 30.3 Å². The maximum Gasteiger partial charge on any atom is 0.404 e. The van der Waals surface area contributed by atoms with E-state index in [1.807, 2.05) is 44.2 Å². The second-order valence-corrected chi connectivity index (χ2v) is 3.14. The van der Waals surface area contributed by atoms with Crippen molar-refractivity contribution in [1.29, 1.82) is 0 Å². The fourth-order valence-electron chi connectivity index (χ4n) is 0.714. The Kier molecular flexibility index (Phi) is 16.0. The number of hydrogen-bond acceptors (Lipinski definition) is 4. The van der Waals surface area contributed by atoms with Crippen LogP contribution < -0.4 is 11.5 Å². The van der Waals surface area contributed by atoms with E-state index in [1.165, 1.54) is 0 Å². The Morgan fingerprint density at radius 1 is 1.18 bits per heavy atom. The third-order valence-corrected chi connectivity index (χ3v) is 1.30. The smallest absolute Gasteiger partial charge is 0.404 e. The highest BCUT2D eigenvalue weighted by molar-refractivity contribution is 6.61. The van der Waals surface area contributed by atoms with Gasteiger partial charge in [0.15, 0.2) is 0 Å². The molecule has 0 unspecified atom stereocenters. The van der Waals surface area contributed by atoms with E-state index in [0.29, 0.717) is 0 Å². The second-order valence-electron chi connectivity index (χ2n) is 2.83. The average molecular weight is 261 g/mol. The first-order valence-electron chi connectivity index (χ1n) is 5.38. The van der Waals surface area contributed by atoms with Gasteiger partial charge in [-0.15, -0.1) is 0 Å². The van der Waals surface area contributed by atoms with Crippen LogP contribution in [0.25, 0.3) is 0 Å². The lowest BCUT2D eigenvalue weighted by molar-refractivity contribution is 0.167. The number of carbonyl (C=O) groups is 1. The molecule has 98 valence electrons. The SMILES string of the molecule is CCN.CCN.O=C(Cl)OCc1ccccc1. The molecule has 0 aliphatic carbocycles. The first-order valence-corrected chi connectivity index (χ1v) is 5.76. The molecule has 17 heavy (non-hydrogen) atoms. The molecule has 0 amide bonds. The topological polar surface area (TPSA) is 78.3 Å². The molecule has 1 aromatic rings. The van der Waals surface area contributed by atoms with Crippen molar-refractivity contribution in [1.82, 2.24) is 0 Å². The van der Waals surface area contributed by atoms with Crippen LogP contribution in [0.1, 0.15) is 19.4 Å². The van der Waals surface area contributed by atoms with Gasteiger partial charge in [0.1, 0.15) is 6.61 Å². The minimum Gasteiger partial charge on any atom is -0.449 e. The first kappa shape index (κ1) is 18.3. The van der Waals surface area contributed by atoms with E-state index in [2.05, 4.69) is 4.74 Å². The number of rotatable bonds is 2. The van der Waals surface area contributed by atoms with Crippen molar-refractivity contribution >= 4 is 17.0 Å². The zero-order chi connectivity index (χ0) is 13.5. The van der Waals surface area contributed by atoms with Crippen LogP contribution in [0.5, 0.6) is 0 Å². The lowest BCUT2D eigenvalue weighted by Crippen LogP contribution is -1.93. The fraction of sp³-hybridized carbons (Fsp3) is 0.417. The van der Waals surface area contributed by atoms with Crippen LogP contribution in [0.3, 0.4) is 0 Å². The molecule has 1 aromatic carbocycles. The van der Waals surface area contributed by atoms with E-state index < -0.39 is 5.43 Å². The molecule has 0 spiro atoms. The van der Waals surface area contributed by atoms with Gasteiger partial charge in [0, 0.05) is 11.6 Å². The highest BCUT2D eigenvalue weighted by Gasteiger charge is 1.95. The van der Waals surface area contributed by atoms with Crippen LogP contribution in [-0.4, -0.2) is 18.5 Å². The third-order valence-electron chi connectivity index (χ3n) is 1.20. The molecule has 0 heterocycles. The molecule has 0 atom stereocenters. The van der Waals surface area contributed by atoms with Crippen molar-refractivity contribution in [2.24, 2.45) is 11.5 Å². The molecule has 0 aliphatic heterocycles. The molecule has 0 saturated heterocycles. The maximum atomic E-state index is 10.2. The molecule has 1 rings (SSSR count). The normalized spacial score (nSPS) is 8.06. The van der Waals surface area contributed by atoms with E-state index in [9.17, 15) is 4.79 Å². The molecular formula is C12H21ClN2O2. The number of nitrogens with two attached hydrogens (primary N) is 2. The molecular weight excluding hydrogens is 240 g/mol. The standard InChI is InChI=1S/C8H7ClO2.2C2H7N/c9-8(10)11-6-7-4-2-1-3-5-7;2*1-2-3/h1-5H,6H2;2*2-3H2,1H3. The number of halogens is 1. The van der Waals surface area contributed by atoms with Gasteiger partial charge in [-0.3, -0.25) is 0 Å². The Morgan fingerprint density at radius 2 is 1.59 bits per heavy atom. The predicted octanol–water partition coefficient (Wildman–Crippen LogP) is 2.49. The fourth-order valence-corrected chi connectivity index (χ4v) is 0.769. The van der Waals surface area contributed by atoms with Gasteiger partial charge in [0.05, 0.1) is 0 Å². The Bertz CT molecular complexity index is 266. The molecule has 0 radical (unpaired) electrons. The first-order chi connectivity index (χ1) is 8.12. The van der Waals surface area contributed by atoms with Crippen LogP contribution in [0, 0.1) is 0 Å². The molecule has 4 nitrogen and oxygen atoms in total. The van der Waals surface area contributed by atoms with Crippen LogP contribution >= 0.6 is 11.6 Å². The lowest BCUT2D eigenvalue weighted by Gasteiger charge is -1.98. The number of carbonyl (C=O) groups excluding carboxylic acids is 1. The summed E-state index contributed by atoms with van der Waals surface area (Å²) >= 11 is 4.97. The number of ether oxygens (including phenoxy) is 1. The Labute approximate surface area is 108 Å². The monoisotopic (exact) mass is 260 g/mol. The van der Waals surface area contributed by atoms with E-state index in [4.69, 9.17) is 23.1 Å². The van der Waals surface area contributed by atoms with Crippen molar-refractivity contribution < 1.29 is 9.53 Å². The number of benzene rings is 1.